The van der Waals surface area contributed by atoms with Crippen LogP contribution in [-0.2, 0) is 41.3 Å². The van der Waals surface area contributed by atoms with Gasteiger partial charge in [-0.2, -0.15) is 0 Å². The quantitative estimate of drug-likeness (QED) is 0.0282. The fourth-order valence-electron chi connectivity index (χ4n) is 9.90. The van der Waals surface area contributed by atoms with Crippen molar-refractivity contribution in [3.05, 3.63) is 181 Å². The molecule has 2 aliphatic rings. The molecule has 8 aromatic rings. The summed E-state index contributed by atoms with van der Waals surface area (Å²) in [5, 5.41) is 37.9. The number of nitrogens with zero attached hydrogens (tertiary/aromatic N) is 12. The monoisotopic (exact) mass is 1120 g/mol. The van der Waals surface area contributed by atoms with Crippen LogP contribution in [0.4, 0.5) is 0 Å². The highest BCUT2D eigenvalue weighted by atomic mass is 16.3. The lowest BCUT2D eigenvalue weighted by Gasteiger charge is -2.23. The van der Waals surface area contributed by atoms with Gasteiger partial charge in [0.2, 0.25) is 0 Å². The second-order valence-corrected chi connectivity index (χ2v) is 20.7. The summed E-state index contributed by atoms with van der Waals surface area (Å²) in [5.41, 5.74) is 30.0. The summed E-state index contributed by atoms with van der Waals surface area (Å²) >= 11 is 0. The molecule has 0 amide bonds. The van der Waals surface area contributed by atoms with Crippen LogP contribution in [0.1, 0.15) is 47.7 Å². The van der Waals surface area contributed by atoms with Gasteiger partial charge in [0.25, 0.3) is 0 Å². The maximum Gasteiger partial charge on any atom is 0.169 e. The lowest BCUT2D eigenvalue weighted by molar-refractivity contribution is -0.671. The summed E-state index contributed by atoms with van der Waals surface area (Å²) in [5.74, 6) is 11.7. The van der Waals surface area contributed by atoms with Crippen molar-refractivity contribution in [2.45, 2.75) is 32.4 Å². The molecule has 0 aromatic carbocycles. The van der Waals surface area contributed by atoms with E-state index in [0.717, 1.165) is 95.0 Å². The number of aromatic amines is 2. The standard InChI is InChI=1S/C44H37N8.C18H38N10O3/c1-49-21-13-29(14-22-49)41-33-5-7-35(45-33)42(30-15-23-50(2)24-16-30)37-9-11-39(47-37)44(32-19-27-52(4)28-20-32)40-12-10-38(48-40)43(36-8-6-34(41)46-36)31-17-25-51(3)26-18-31;19-16(12-26(21)4-1-7-29)10-25(11-17(20)13-27(22)5-2-8-30)14-18-15-28(24-23-18)6-3-9-31/h5-28H,1-4H3,(H,45,46,47,48);12-13,15,29-31H,1-11,14,19-22H2/q+3;/p+1/b;16-12-,17-13-. The first-order chi connectivity index (χ1) is 40.2. The topological polar surface area (TPSA) is 278 Å². The third-order valence-electron chi connectivity index (χ3n) is 14.0. The minimum absolute atomic E-state index is 0.0483. The van der Waals surface area contributed by atoms with E-state index in [1.807, 2.05) is 57.6 Å². The minimum Gasteiger partial charge on any atom is -0.400 e. The average Bonchev–Trinajstić information content (AvgIpc) is 3.05. The molecule has 8 bridgehead atoms. The highest BCUT2D eigenvalue weighted by molar-refractivity contribution is 5.99. The van der Waals surface area contributed by atoms with Gasteiger partial charge in [-0.05, 0) is 90.1 Å². The van der Waals surface area contributed by atoms with Crippen LogP contribution in [0.5, 0.6) is 0 Å². The second-order valence-electron chi connectivity index (χ2n) is 20.7. The summed E-state index contributed by atoms with van der Waals surface area (Å²) in [6.07, 6.45) is 31.9. The zero-order chi connectivity index (χ0) is 58.4. The van der Waals surface area contributed by atoms with Crippen LogP contribution >= 0.6 is 0 Å². The third-order valence-corrected chi connectivity index (χ3v) is 14.0. The fraction of sp³-hybridized carbons (Fsp3) is 0.258. The summed E-state index contributed by atoms with van der Waals surface area (Å²) in [6.45, 7) is 2.88. The van der Waals surface area contributed by atoms with Gasteiger partial charge in [0.1, 0.15) is 28.2 Å². The van der Waals surface area contributed by atoms with Crippen molar-refractivity contribution in [1.82, 2.24) is 49.8 Å². The average molecular weight is 1120 g/mol. The Kier molecular flexibility index (Phi) is 19.4. The molecule has 10 rings (SSSR count). The van der Waals surface area contributed by atoms with Crippen LogP contribution < -0.4 is 41.4 Å². The molecular formula is C62H76N18O3+4. The summed E-state index contributed by atoms with van der Waals surface area (Å²) in [4.78, 5) is 20.4. The van der Waals surface area contributed by atoms with Crippen LogP contribution in [0.15, 0.2) is 152 Å². The zero-order valence-electron chi connectivity index (χ0n) is 47.6. The van der Waals surface area contributed by atoms with Gasteiger partial charge in [-0.25, -0.2) is 39.9 Å². The van der Waals surface area contributed by atoms with E-state index in [0.29, 0.717) is 69.9 Å². The molecule has 428 valence electrons. The first-order valence-electron chi connectivity index (χ1n) is 27.6. The first kappa shape index (κ1) is 58.4. The molecule has 0 atom stereocenters. The fourth-order valence-corrected chi connectivity index (χ4v) is 9.90. The molecule has 0 saturated heterocycles. The smallest absolute Gasteiger partial charge is 0.169 e. The van der Waals surface area contributed by atoms with Crippen molar-refractivity contribution in [3.63, 3.8) is 0 Å². The highest BCUT2D eigenvalue weighted by Crippen LogP contribution is 2.38. The van der Waals surface area contributed by atoms with Crippen molar-refractivity contribution < 1.29 is 33.6 Å². The highest BCUT2D eigenvalue weighted by Gasteiger charge is 2.21. The largest absolute Gasteiger partial charge is 0.400 e. The van der Waals surface area contributed by atoms with Crippen molar-refractivity contribution in [2.75, 3.05) is 46.0 Å². The Bertz CT molecular complexity index is 3380. The number of rotatable bonds is 21. The van der Waals surface area contributed by atoms with Crippen LogP contribution in [0.25, 0.3) is 90.9 Å². The summed E-state index contributed by atoms with van der Waals surface area (Å²) in [6, 6.07) is 25.8. The molecule has 0 radical (unpaired) electrons. The molecule has 2 aliphatic heterocycles. The zero-order valence-corrected chi connectivity index (χ0v) is 47.6. The van der Waals surface area contributed by atoms with E-state index < -0.39 is 0 Å². The number of hydrazine groups is 2. The van der Waals surface area contributed by atoms with Crippen LogP contribution in [0.3, 0.4) is 0 Å². The summed E-state index contributed by atoms with van der Waals surface area (Å²) in [7, 11) is 8.14. The molecular weight excluding hydrogens is 1040 g/mol. The molecule has 0 unspecified atom stereocenters. The summed E-state index contributed by atoms with van der Waals surface area (Å²) < 4.78 is 9.88. The van der Waals surface area contributed by atoms with Gasteiger partial charge in [0.05, 0.1) is 28.5 Å². The number of pyridine rings is 4. The molecule has 10 heterocycles. The van der Waals surface area contributed by atoms with Gasteiger partial charge in [-0.1, -0.05) is 5.21 Å². The molecule has 13 N–H and O–H groups in total. The maximum atomic E-state index is 8.96. The third kappa shape index (κ3) is 15.0. The van der Waals surface area contributed by atoms with Crippen molar-refractivity contribution >= 4 is 46.4 Å². The predicted molar refractivity (Wildman–Crippen MR) is 322 cm³/mol. The van der Waals surface area contributed by atoms with Crippen LogP contribution in [0.2, 0.25) is 0 Å². The van der Waals surface area contributed by atoms with Crippen LogP contribution in [0, 0.1) is 0 Å². The maximum absolute atomic E-state index is 8.96. The number of aromatic nitrogens is 11. The second kappa shape index (κ2) is 27.5. The molecule has 0 fully saturated rings. The Morgan fingerprint density at radius 2 is 0.831 bits per heavy atom. The Morgan fingerprint density at radius 1 is 0.506 bits per heavy atom. The van der Waals surface area contributed by atoms with E-state index >= 15 is 0 Å². The van der Waals surface area contributed by atoms with Gasteiger partial charge in [0, 0.05) is 182 Å². The molecule has 0 spiro atoms. The Hall–Kier alpha value is -9.22. The van der Waals surface area contributed by atoms with Crippen molar-refractivity contribution in [1.29, 1.82) is 0 Å². The SMILES string of the molecule is C[n+]1ccc(-c2c3nc(c(-c4cc[n+](C)cc4)c4ccc([nH]4)c(-c4cc[n+](C)cc4)c4nc(c(-c5cc[n+](C)cc5)c5ccc2[nH]5)C=C4)C=C3)cc1.N/C(=C\N(N)CCCO)CN(C/C(N)=C/N(N)CCCO)Cc1cn(CCCO)nn1. The number of hydrogen-bond donors (Lipinski definition) is 9. The van der Waals surface area contributed by atoms with Gasteiger partial charge in [-0.15, -0.1) is 5.10 Å². The number of aliphatic hydroxyl groups is 3. The normalized spacial score (nSPS) is 12.3. The lowest BCUT2D eigenvalue weighted by atomic mass is 10.0. The van der Waals surface area contributed by atoms with Crippen molar-refractivity contribution in [2.24, 2.45) is 51.3 Å². The molecule has 21 heteroatoms. The Labute approximate surface area is 482 Å². The van der Waals surface area contributed by atoms with Crippen LogP contribution in [-0.4, -0.2) is 111 Å². The van der Waals surface area contributed by atoms with Gasteiger partial charge in [-0.3, -0.25) is 9.58 Å². The number of aryl methyl sites for hydroxylation is 5. The van der Waals surface area contributed by atoms with Gasteiger partial charge >= 0.3 is 0 Å². The van der Waals surface area contributed by atoms with E-state index in [-0.39, 0.29) is 19.8 Å². The molecule has 8 aromatic heterocycles. The van der Waals surface area contributed by atoms with Crippen molar-refractivity contribution in [3.8, 4) is 44.5 Å². The number of fused-ring (bicyclic) bond motifs is 8. The number of H-pyrrole nitrogens is 2. The van der Waals surface area contributed by atoms with E-state index in [1.54, 1.807) is 17.1 Å². The van der Waals surface area contributed by atoms with E-state index in [4.69, 9.17) is 48.4 Å². The van der Waals surface area contributed by atoms with E-state index in [9.17, 15) is 0 Å². The van der Waals surface area contributed by atoms with Gasteiger partial charge in [0.15, 0.2) is 49.6 Å². The Morgan fingerprint density at radius 3 is 1.14 bits per heavy atom. The van der Waals surface area contributed by atoms with E-state index in [1.165, 1.54) is 10.0 Å². The molecule has 0 aliphatic carbocycles. The molecule has 83 heavy (non-hydrogen) atoms. The number of nitrogens with one attached hydrogen (secondary N) is 2. The molecule has 0 saturated carbocycles. The number of nitrogens with two attached hydrogens (primary N) is 4. The van der Waals surface area contributed by atoms with Gasteiger partial charge < -0.3 is 46.8 Å². The minimum atomic E-state index is 0.0483. The first-order valence-corrected chi connectivity index (χ1v) is 27.6. The Balaban J connectivity index is 0.000000230. The predicted octanol–water partition coefficient (Wildman–Crippen LogP) is 3.80. The molecule has 21 nitrogen and oxygen atoms in total. The van der Waals surface area contributed by atoms with E-state index in [2.05, 4.69) is 167 Å². The number of hydrogen-bond acceptors (Lipinski definition) is 14. The number of aliphatic hydroxyl groups excluding tert-OH is 3. The lowest BCUT2D eigenvalue weighted by Crippen LogP contribution is -2.35.